The number of para-hydroxylation sites is 2. The zero-order chi connectivity index (χ0) is 96.4. The van der Waals surface area contributed by atoms with Gasteiger partial charge in [-0.1, -0.05) is 84.9 Å². The summed E-state index contributed by atoms with van der Waals surface area (Å²) in [6, 6.07) is 46.2. The van der Waals surface area contributed by atoms with E-state index in [-0.39, 0.29) is 53.7 Å². The van der Waals surface area contributed by atoms with Gasteiger partial charge in [-0.3, -0.25) is 67.8 Å². The first-order valence-corrected chi connectivity index (χ1v) is 49.0. The number of nitrogens with two attached hydrogens (primary N) is 3. The SMILES string of the molecule is NCCOCCOCCOCCN1CCN(C2CCC(n3cc(-c4ccc(Oc5ccccc5)cc4)c4c(N)ncnc43)CC2)CC1.Nc1ncnc2c1c(-c1ccc(Oc3ccccc3)cc1)cn2C1CCC(N2CCN(CCOCCOCCOCCNC(=O)CCc3cccc4c3C(=O)N(C3CCCNC3=O)C4=O)CC2)CC1.O=C(O)CCc1cccc2c1C(=O)N(C1CCCNC1=O)C2=O. The molecule has 6 fully saturated rings. The normalized spacial score (nSPS) is 19.9. The fourth-order valence-electron chi connectivity index (χ4n) is 20.1. The number of benzene rings is 6. The lowest BCUT2D eigenvalue weighted by molar-refractivity contribution is -0.137. The van der Waals surface area contributed by atoms with Crippen molar-refractivity contribution in [3.63, 3.8) is 0 Å². The summed E-state index contributed by atoms with van der Waals surface area (Å²) in [4.78, 5) is 130. The number of ether oxygens (including phenoxy) is 8. The summed E-state index contributed by atoms with van der Waals surface area (Å²) in [6.07, 6.45) is 19.5. The first-order valence-electron chi connectivity index (χ1n) is 49.0. The number of rotatable bonds is 41. The monoisotopic (exact) mass is 1900 g/mol. The average molecular weight is 1900 g/mol. The maximum atomic E-state index is 13.3. The number of aliphatic carboxylic acids is 1. The summed E-state index contributed by atoms with van der Waals surface area (Å²) in [5, 5.41) is 18.9. The van der Waals surface area contributed by atoms with Gasteiger partial charge in [0.1, 0.15) is 70.7 Å². The first-order chi connectivity index (χ1) is 68.0. The molecule has 2 atom stereocenters. The second kappa shape index (κ2) is 49.4. The summed E-state index contributed by atoms with van der Waals surface area (Å²) in [6.45, 7) is 19.0. The number of nitrogens with zero attached hydrogens (tertiary/aromatic N) is 12. The minimum absolute atomic E-state index is 0.123. The zero-order valence-corrected chi connectivity index (χ0v) is 78.9. The third-order valence-corrected chi connectivity index (χ3v) is 27.4. The van der Waals surface area contributed by atoms with Gasteiger partial charge >= 0.3 is 5.97 Å². The predicted molar refractivity (Wildman–Crippen MR) is 524 cm³/mol. The van der Waals surface area contributed by atoms with E-state index >= 15 is 0 Å². The van der Waals surface area contributed by atoms with Crippen LogP contribution in [0.1, 0.15) is 155 Å². The van der Waals surface area contributed by atoms with Gasteiger partial charge in [0.15, 0.2) is 0 Å². The van der Waals surface area contributed by atoms with Gasteiger partial charge in [0.05, 0.1) is 112 Å². The lowest BCUT2D eigenvalue weighted by Crippen LogP contribution is -2.52. The lowest BCUT2D eigenvalue weighted by Gasteiger charge is -2.42. The number of carboxylic acid groups (broad SMARTS) is 1. The predicted octanol–water partition coefficient (Wildman–Crippen LogP) is 10.4. The molecule has 0 radical (unpaired) electrons. The van der Waals surface area contributed by atoms with Crippen LogP contribution in [0.4, 0.5) is 11.6 Å². The van der Waals surface area contributed by atoms with Crippen molar-refractivity contribution in [2.45, 2.75) is 139 Å². The van der Waals surface area contributed by atoms with E-state index in [2.05, 4.69) is 91.3 Å². The Bertz CT molecular complexity index is 5800. The number of anilines is 2. The standard InChI is InChI=1S/C52H63N9O8.C36H49N7O4.C16H16N2O5/c53-48-47-43(36-11-18-41(19-12-36)69-40-7-2-1-3-8-40)34-60(49(47)57-35-56-48)39-16-14-38(15-17-39)59-25-23-58(24-26-59)27-29-67-31-33-68-32-30-66-28-22-54-45(62)20-13-37-6-4-9-42-46(37)52(65)61(51(42)64)44-10-5-21-55-50(44)63;37-14-20-44-22-24-46-25-23-45-21-19-41-15-17-42(18-16-41)29-8-10-30(11-9-29)43-26-33(34-35(38)39-27-40-36(34)43)28-6-12-32(13-7-28)47-31-4-2-1-3-5-31;19-12(20)7-6-9-3-1-4-10-13(9)16(23)18(15(10)22)11-5-2-8-17-14(11)21/h1-4,6-9,11-12,18-19,34-35,38-39,44H,5,10,13-17,20-33H2,(H,54,62)(H,55,63)(H2,53,56,57);1-7,12-13,26-27,29-30H,8-11,14-25,37H2,(H2,38,39,40);1,3-4,11H,2,5-8H2,(H,17,21)(H,19,20). The van der Waals surface area contributed by atoms with Crippen LogP contribution in [0.5, 0.6) is 23.0 Å². The van der Waals surface area contributed by atoms with E-state index in [0.29, 0.717) is 183 Å². The Balaban J connectivity index is 0.000000170. The molecule has 0 spiro atoms. The van der Waals surface area contributed by atoms with Gasteiger partial charge in [-0.05, 0) is 173 Å². The quantitative estimate of drug-likeness (QED) is 0.0138. The van der Waals surface area contributed by atoms with E-state index in [9.17, 15) is 38.4 Å². The van der Waals surface area contributed by atoms with Gasteiger partial charge in [-0.2, -0.15) is 0 Å². The van der Waals surface area contributed by atoms with Crippen LogP contribution in [-0.2, 0) is 60.4 Å². The number of imide groups is 2. The molecule has 8 aliphatic rings. The highest BCUT2D eigenvalue weighted by Gasteiger charge is 2.47. The Morgan fingerprint density at radius 1 is 0.403 bits per heavy atom. The number of fused-ring (bicyclic) bond motifs is 4. The van der Waals surface area contributed by atoms with E-state index in [1.165, 1.54) is 12.8 Å². The Morgan fingerprint density at radius 2 is 0.784 bits per heavy atom. The van der Waals surface area contributed by atoms with E-state index in [4.69, 9.17) is 70.2 Å². The number of carboxylic acids is 1. The van der Waals surface area contributed by atoms with E-state index in [0.717, 1.165) is 188 Å². The van der Waals surface area contributed by atoms with Crippen molar-refractivity contribution in [3.8, 4) is 45.3 Å². The molecular formula is C104H128N18O17. The molecular weight excluding hydrogens is 1770 g/mol. The minimum Gasteiger partial charge on any atom is -0.481 e. The van der Waals surface area contributed by atoms with Crippen molar-refractivity contribution in [3.05, 3.63) is 204 Å². The van der Waals surface area contributed by atoms with Crippen LogP contribution in [0.25, 0.3) is 44.3 Å². The molecule has 35 heteroatoms. The fraction of sp³-hybridized carbons (Fsp3) is 0.462. The van der Waals surface area contributed by atoms with Crippen molar-refractivity contribution in [1.82, 2.24) is 74.4 Å². The molecule has 18 rings (SSSR count). The van der Waals surface area contributed by atoms with Crippen molar-refractivity contribution in [2.75, 3.05) is 182 Å². The maximum absolute atomic E-state index is 13.3. The highest BCUT2D eigenvalue weighted by Crippen LogP contribution is 2.43. The molecule has 6 aliphatic heterocycles. The molecule has 6 aromatic carbocycles. The molecule has 0 bridgehead atoms. The molecule has 10 heterocycles. The molecule has 2 saturated carbocycles. The molecule has 4 aromatic heterocycles. The van der Waals surface area contributed by atoms with Gasteiger partial charge in [0.25, 0.3) is 23.6 Å². The van der Waals surface area contributed by atoms with Crippen molar-refractivity contribution >= 4 is 81.0 Å². The average Bonchev–Trinajstić information content (AvgIpc) is 1.64. The molecule has 10 aromatic rings. The van der Waals surface area contributed by atoms with Crippen LogP contribution < -0.4 is 42.6 Å². The number of piperidine rings is 2. The number of carbonyl (C=O) groups is 8. The van der Waals surface area contributed by atoms with Gasteiger partial charge in [-0.15, -0.1) is 0 Å². The lowest BCUT2D eigenvalue weighted by atomic mass is 9.89. The van der Waals surface area contributed by atoms with Crippen LogP contribution in [0, 0.1) is 0 Å². The summed E-state index contributed by atoms with van der Waals surface area (Å²) in [5.41, 5.74) is 26.6. The summed E-state index contributed by atoms with van der Waals surface area (Å²) >= 11 is 0. The Kier molecular flexibility index (Phi) is 35.3. The summed E-state index contributed by atoms with van der Waals surface area (Å²) in [7, 11) is 0. The summed E-state index contributed by atoms with van der Waals surface area (Å²) in [5.74, 6) is 0.498. The zero-order valence-electron chi connectivity index (χ0n) is 78.9. The van der Waals surface area contributed by atoms with E-state index < -0.39 is 41.7 Å². The number of amides is 7. The van der Waals surface area contributed by atoms with Crippen LogP contribution in [-0.4, -0.2) is 306 Å². The Hall–Kier alpha value is -12.5. The van der Waals surface area contributed by atoms with Crippen molar-refractivity contribution < 1.29 is 81.4 Å². The summed E-state index contributed by atoms with van der Waals surface area (Å²) < 4.78 is 50.5. The van der Waals surface area contributed by atoms with E-state index in [1.54, 1.807) is 49.1 Å². The molecule has 10 N–H and O–H groups in total. The highest BCUT2D eigenvalue weighted by molar-refractivity contribution is 6.24. The van der Waals surface area contributed by atoms with Crippen molar-refractivity contribution in [2.24, 2.45) is 5.73 Å². The molecule has 7 amide bonds. The number of aryl methyl sites for hydroxylation is 2. The molecule has 139 heavy (non-hydrogen) atoms. The second-order valence-electron chi connectivity index (χ2n) is 36.1. The molecule has 35 nitrogen and oxygen atoms in total. The number of hydrogen-bond acceptors (Lipinski definition) is 27. The number of carbonyl (C=O) groups excluding carboxylic acids is 7. The largest absolute Gasteiger partial charge is 0.481 e. The van der Waals surface area contributed by atoms with Crippen LogP contribution in [0.2, 0.25) is 0 Å². The molecule has 4 saturated heterocycles. The maximum Gasteiger partial charge on any atom is 0.303 e. The first kappa shape index (κ1) is 99.5. The molecule has 2 aliphatic carbocycles. The van der Waals surface area contributed by atoms with Gasteiger partial charge < -0.3 is 85.3 Å². The van der Waals surface area contributed by atoms with Crippen LogP contribution in [0.3, 0.4) is 0 Å². The number of nitrogen functional groups attached to an aromatic ring is 2. The van der Waals surface area contributed by atoms with Crippen molar-refractivity contribution in [1.29, 1.82) is 0 Å². The fourth-order valence-corrected chi connectivity index (χ4v) is 20.1. The molecule has 736 valence electrons. The van der Waals surface area contributed by atoms with Crippen LogP contribution >= 0.6 is 0 Å². The third kappa shape index (κ3) is 25.4. The third-order valence-electron chi connectivity index (χ3n) is 27.4. The smallest absolute Gasteiger partial charge is 0.303 e. The topological polar surface area (TPSA) is 426 Å². The number of nitrogens with one attached hydrogen (secondary N) is 3. The van der Waals surface area contributed by atoms with Gasteiger partial charge in [0.2, 0.25) is 17.7 Å². The second-order valence-corrected chi connectivity index (χ2v) is 36.1. The Labute approximate surface area is 809 Å². The van der Waals surface area contributed by atoms with E-state index in [1.807, 2.05) is 84.9 Å². The highest BCUT2D eigenvalue weighted by atomic mass is 16.6. The van der Waals surface area contributed by atoms with Gasteiger partial charge in [-0.25, -0.2) is 19.9 Å². The molecule has 2 unspecified atom stereocenters. The minimum atomic E-state index is -0.970. The van der Waals surface area contributed by atoms with Crippen LogP contribution in [0.15, 0.2) is 171 Å². The number of piperazine rings is 2. The number of hydrogen-bond donors (Lipinski definition) is 7. The van der Waals surface area contributed by atoms with Gasteiger partial charge in [0, 0.05) is 152 Å². The number of aromatic nitrogens is 6. The Morgan fingerprint density at radius 3 is 1.19 bits per heavy atom.